The largest absolute Gasteiger partial charge is 0.301 e. The van der Waals surface area contributed by atoms with E-state index in [1.807, 2.05) is 6.92 Å². The van der Waals surface area contributed by atoms with Gasteiger partial charge >= 0.3 is 0 Å². The van der Waals surface area contributed by atoms with Gasteiger partial charge in [-0.3, -0.25) is 4.72 Å². The van der Waals surface area contributed by atoms with Crippen LogP contribution in [0.25, 0.3) is 0 Å². The second-order valence-electron chi connectivity index (χ2n) is 6.40. The summed E-state index contributed by atoms with van der Waals surface area (Å²) in [5.74, 6) is 0. The zero-order valence-corrected chi connectivity index (χ0v) is 17.8. The van der Waals surface area contributed by atoms with Crippen molar-refractivity contribution in [3.05, 3.63) is 53.6 Å². The number of nitrogens with one attached hydrogen (secondary N) is 1. The van der Waals surface area contributed by atoms with E-state index in [1.165, 1.54) is 40.7 Å². The SMILES string of the molecule is CCN1CCN(S(=O)(=O)c2cccc(NS(=O)(=O)c3ccccc3Cl)c2)CC1. The van der Waals surface area contributed by atoms with Crippen LogP contribution in [0.3, 0.4) is 0 Å². The molecule has 0 bridgehead atoms. The van der Waals surface area contributed by atoms with Crippen LogP contribution in [0.4, 0.5) is 5.69 Å². The number of hydrogen-bond donors (Lipinski definition) is 1. The van der Waals surface area contributed by atoms with Gasteiger partial charge in [-0.25, -0.2) is 16.8 Å². The molecule has 1 N–H and O–H groups in total. The van der Waals surface area contributed by atoms with Crippen LogP contribution in [0.2, 0.25) is 5.02 Å². The molecule has 1 saturated heterocycles. The molecule has 0 atom stereocenters. The van der Waals surface area contributed by atoms with E-state index >= 15 is 0 Å². The van der Waals surface area contributed by atoms with Crippen LogP contribution >= 0.6 is 11.6 Å². The first-order chi connectivity index (χ1) is 13.2. The normalized spacial score (nSPS) is 16.8. The fourth-order valence-electron chi connectivity index (χ4n) is 3.03. The third-order valence-corrected chi connectivity index (χ3v) is 8.40. The van der Waals surface area contributed by atoms with E-state index in [4.69, 9.17) is 11.6 Å². The van der Waals surface area contributed by atoms with Gasteiger partial charge in [-0.15, -0.1) is 0 Å². The van der Waals surface area contributed by atoms with E-state index < -0.39 is 20.0 Å². The van der Waals surface area contributed by atoms with Crippen LogP contribution in [0.1, 0.15) is 6.92 Å². The third kappa shape index (κ3) is 4.49. The smallest absolute Gasteiger partial charge is 0.263 e. The number of rotatable bonds is 6. The van der Waals surface area contributed by atoms with E-state index in [9.17, 15) is 16.8 Å². The first-order valence-electron chi connectivity index (χ1n) is 8.84. The van der Waals surface area contributed by atoms with Gasteiger partial charge < -0.3 is 4.90 Å². The van der Waals surface area contributed by atoms with Gasteiger partial charge in [-0.1, -0.05) is 36.7 Å². The minimum Gasteiger partial charge on any atom is -0.301 e. The second kappa shape index (κ2) is 8.38. The maximum atomic E-state index is 12.9. The minimum absolute atomic E-state index is 0.0526. The van der Waals surface area contributed by atoms with Crippen molar-refractivity contribution in [3.8, 4) is 0 Å². The van der Waals surface area contributed by atoms with Crippen molar-refractivity contribution in [3.63, 3.8) is 0 Å². The molecular weight excluding hydrogens is 422 g/mol. The first-order valence-corrected chi connectivity index (χ1v) is 12.1. The van der Waals surface area contributed by atoms with Gasteiger partial charge in [0.15, 0.2) is 0 Å². The van der Waals surface area contributed by atoms with E-state index in [0.717, 1.165) is 6.54 Å². The zero-order chi connectivity index (χ0) is 20.4. The summed E-state index contributed by atoms with van der Waals surface area (Å²) in [7, 11) is -7.64. The average Bonchev–Trinajstić information content (AvgIpc) is 2.68. The van der Waals surface area contributed by atoms with Crippen LogP contribution in [-0.4, -0.2) is 58.8 Å². The fraction of sp³-hybridized carbons (Fsp3) is 0.333. The van der Waals surface area contributed by atoms with Gasteiger partial charge in [0.05, 0.1) is 15.6 Å². The molecule has 1 aliphatic rings. The molecule has 0 aromatic heterocycles. The Balaban J connectivity index is 1.84. The Morgan fingerprint density at radius 1 is 0.964 bits per heavy atom. The van der Waals surface area contributed by atoms with Crippen LogP contribution in [0.15, 0.2) is 58.3 Å². The molecule has 0 unspecified atom stereocenters. The van der Waals surface area contributed by atoms with Crippen molar-refractivity contribution < 1.29 is 16.8 Å². The Morgan fingerprint density at radius 3 is 2.29 bits per heavy atom. The molecule has 3 rings (SSSR count). The Hall–Kier alpha value is -1.65. The predicted octanol–water partition coefficient (Wildman–Crippen LogP) is 2.47. The predicted molar refractivity (Wildman–Crippen MR) is 110 cm³/mol. The lowest BCUT2D eigenvalue weighted by Crippen LogP contribution is -2.48. The molecule has 7 nitrogen and oxygen atoms in total. The van der Waals surface area contributed by atoms with Crippen LogP contribution < -0.4 is 4.72 Å². The van der Waals surface area contributed by atoms with Crippen molar-refractivity contribution in [1.29, 1.82) is 0 Å². The fourth-order valence-corrected chi connectivity index (χ4v) is 6.07. The Bertz CT molecular complexity index is 1050. The van der Waals surface area contributed by atoms with E-state index in [-0.39, 0.29) is 20.5 Å². The van der Waals surface area contributed by atoms with Crippen LogP contribution in [-0.2, 0) is 20.0 Å². The Morgan fingerprint density at radius 2 is 1.64 bits per heavy atom. The van der Waals surface area contributed by atoms with Gasteiger partial charge in [0.2, 0.25) is 10.0 Å². The summed E-state index contributed by atoms with van der Waals surface area (Å²) in [4.78, 5) is 2.16. The van der Waals surface area contributed by atoms with E-state index in [1.54, 1.807) is 12.1 Å². The lowest BCUT2D eigenvalue weighted by molar-refractivity contribution is 0.196. The van der Waals surface area contributed by atoms with Crippen LogP contribution in [0.5, 0.6) is 0 Å². The summed E-state index contributed by atoms with van der Waals surface area (Å²) in [5.41, 5.74) is 0.160. The number of nitrogens with zero attached hydrogens (tertiary/aromatic N) is 2. The summed E-state index contributed by atoms with van der Waals surface area (Å²) in [6, 6.07) is 11.9. The molecule has 2 aromatic carbocycles. The highest BCUT2D eigenvalue weighted by atomic mass is 35.5. The van der Waals surface area contributed by atoms with Gasteiger partial charge in [0.25, 0.3) is 10.0 Å². The number of piperazine rings is 1. The number of benzene rings is 2. The quantitative estimate of drug-likeness (QED) is 0.741. The Labute approximate surface area is 171 Å². The number of likely N-dealkylation sites (N-methyl/N-ethyl adjacent to an activating group) is 1. The molecule has 1 fully saturated rings. The van der Waals surface area contributed by atoms with Crippen molar-refractivity contribution >= 4 is 37.3 Å². The number of sulfonamides is 2. The lowest BCUT2D eigenvalue weighted by atomic mass is 10.3. The molecule has 1 heterocycles. The van der Waals surface area contributed by atoms with E-state index in [2.05, 4.69) is 9.62 Å². The number of anilines is 1. The summed E-state index contributed by atoms with van der Waals surface area (Å²) < 4.78 is 54.9. The molecule has 2 aromatic rings. The highest BCUT2D eigenvalue weighted by Crippen LogP contribution is 2.25. The molecule has 1 aliphatic heterocycles. The topological polar surface area (TPSA) is 86.8 Å². The monoisotopic (exact) mass is 443 g/mol. The highest BCUT2D eigenvalue weighted by Gasteiger charge is 2.28. The zero-order valence-electron chi connectivity index (χ0n) is 15.4. The summed E-state index contributed by atoms with van der Waals surface area (Å²) in [5, 5.41) is 0.0903. The minimum atomic E-state index is -3.94. The number of hydrogen-bond acceptors (Lipinski definition) is 5. The average molecular weight is 444 g/mol. The summed E-state index contributed by atoms with van der Waals surface area (Å²) >= 11 is 5.98. The standard InChI is InChI=1S/C18H22ClN3O4S2/c1-2-21-10-12-22(13-11-21)28(25,26)16-7-5-6-15(14-16)20-27(23,24)18-9-4-3-8-17(18)19/h3-9,14,20H,2,10-13H2,1H3. The molecule has 10 heteroatoms. The molecule has 152 valence electrons. The van der Waals surface area contributed by atoms with Crippen LogP contribution in [0, 0.1) is 0 Å². The van der Waals surface area contributed by atoms with Crippen molar-refractivity contribution in [1.82, 2.24) is 9.21 Å². The lowest BCUT2D eigenvalue weighted by Gasteiger charge is -2.33. The number of halogens is 1. The first kappa shape index (κ1) is 21.1. The summed E-state index contributed by atoms with van der Waals surface area (Å²) in [6.45, 7) is 5.09. The molecule has 0 radical (unpaired) electrons. The maximum absolute atomic E-state index is 12.9. The molecule has 0 amide bonds. The Kier molecular flexibility index (Phi) is 6.31. The van der Waals surface area contributed by atoms with Crippen molar-refractivity contribution in [2.75, 3.05) is 37.4 Å². The third-order valence-electron chi connectivity index (χ3n) is 4.63. The highest BCUT2D eigenvalue weighted by molar-refractivity contribution is 7.92. The molecule has 0 aliphatic carbocycles. The molecule has 0 spiro atoms. The van der Waals surface area contributed by atoms with Crippen molar-refractivity contribution in [2.24, 2.45) is 0 Å². The molecule has 28 heavy (non-hydrogen) atoms. The summed E-state index contributed by atoms with van der Waals surface area (Å²) in [6.07, 6.45) is 0. The van der Waals surface area contributed by atoms with Crippen molar-refractivity contribution in [2.45, 2.75) is 16.7 Å². The second-order valence-corrected chi connectivity index (χ2v) is 10.4. The van der Waals surface area contributed by atoms with E-state index in [0.29, 0.717) is 26.2 Å². The van der Waals surface area contributed by atoms with Gasteiger partial charge in [0, 0.05) is 26.2 Å². The van der Waals surface area contributed by atoms with Gasteiger partial charge in [-0.05, 0) is 36.9 Å². The van der Waals surface area contributed by atoms with Gasteiger partial charge in [-0.2, -0.15) is 4.31 Å². The molecule has 0 saturated carbocycles. The maximum Gasteiger partial charge on any atom is 0.263 e. The van der Waals surface area contributed by atoms with Gasteiger partial charge in [0.1, 0.15) is 4.90 Å². The molecular formula is C18H22ClN3O4S2.